The molecule has 0 fully saturated rings. The SMILES string of the molecule is COc1ccc(NS(=O)(=O)c2ccc(NC(=O)CN(c3cc(C)cc(C)c3)S(=O)(=O)c3ccccc3)cc2)cc1. The molecule has 4 rings (SSSR count). The van der Waals surface area contributed by atoms with Crippen molar-refractivity contribution in [2.45, 2.75) is 23.6 Å². The van der Waals surface area contributed by atoms with Crippen LogP contribution in [0.25, 0.3) is 0 Å². The molecule has 0 unspecified atom stereocenters. The first-order valence-corrected chi connectivity index (χ1v) is 15.1. The zero-order valence-electron chi connectivity index (χ0n) is 22.2. The van der Waals surface area contributed by atoms with E-state index in [9.17, 15) is 21.6 Å². The average Bonchev–Trinajstić information content (AvgIpc) is 2.92. The number of rotatable bonds is 10. The van der Waals surface area contributed by atoms with E-state index in [2.05, 4.69) is 10.0 Å². The predicted molar refractivity (Wildman–Crippen MR) is 156 cm³/mol. The van der Waals surface area contributed by atoms with E-state index in [1.165, 1.54) is 43.5 Å². The molecule has 0 aromatic heterocycles. The van der Waals surface area contributed by atoms with Gasteiger partial charge in [-0.15, -0.1) is 0 Å². The summed E-state index contributed by atoms with van der Waals surface area (Å²) >= 11 is 0. The molecule has 0 saturated heterocycles. The van der Waals surface area contributed by atoms with Gasteiger partial charge >= 0.3 is 0 Å². The summed E-state index contributed by atoms with van der Waals surface area (Å²) in [5.74, 6) is 0.00124. The Morgan fingerprint density at radius 3 is 1.90 bits per heavy atom. The van der Waals surface area contributed by atoms with E-state index in [1.807, 2.05) is 19.9 Å². The van der Waals surface area contributed by atoms with Gasteiger partial charge in [0.25, 0.3) is 20.0 Å². The number of aryl methyl sites for hydroxylation is 2. The van der Waals surface area contributed by atoms with E-state index >= 15 is 0 Å². The minimum Gasteiger partial charge on any atom is -0.497 e. The van der Waals surface area contributed by atoms with Crippen LogP contribution >= 0.6 is 0 Å². The van der Waals surface area contributed by atoms with Crippen LogP contribution in [0.2, 0.25) is 0 Å². The van der Waals surface area contributed by atoms with Crippen molar-refractivity contribution in [3.63, 3.8) is 0 Å². The maximum absolute atomic E-state index is 13.5. The van der Waals surface area contributed by atoms with Gasteiger partial charge in [-0.1, -0.05) is 24.3 Å². The Labute approximate surface area is 234 Å². The van der Waals surface area contributed by atoms with Crippen LogP contribution in [-0.4, -0.2) is 36.4 Å². The largest absolute Gasteiger partial charge is 0.497 e. The van der Waals surface area contributed by atoms with Gasteiger partial charge in [0.2, 0.25) is 5.91 Å². The van der Waals surface area contributed by atoms with Crippen LogP contribution in [0.3, 0.4) is 0 Å². The smallest absolute Gasteiger partial charge is 0.264 e. The molecule has 208 valence electrons. The van der Waals surface area contributed by atoms with Crippen molar-refractivity contribution >= 4 is 43.0 Å². The second-order valence-electron chi connectivity index (χ2n) is 9.08. The molecule has 0 saturated carbocycles. The Bertz CT molecular complexity index is 1690. The molecular weight excluding hydrogens is 550 g/mol. The first-order chi connectivity index (χ1) is 19.0. The lowest BCUT2D eigenvalue weighted by Crippen LogP contribution is -2.38. The quantitative estimate of drug-likeness (QED) is 0.274. The standard InChI is InChI=1S/C29H29N3O6S2/c1-21-17-22(2)19-25(18-21)32(40(36,37)28-7-5-4-6-8-28)20-29(33)30-23-11-15-27(16-12-23)39(34,35)31-24-9-13-26(38-3)14-10-24/h4-19,31H,20H2,1-3H3,(H,30,33). The third kappa shape index (κ3) is 6.80. The number of sulfonamides is 2. The highest BCUT2D eigenvalue weighted by molar-refractivity contribution is 7.93. The molecule has 2 N–H and O–H groups in total. The van der Waals surface area contributed by atoms with Crippen LogP contribution in [0.4, 0.5) is 17.1 Å². The third-order valence-corrected chi connectivity index (χ3v) is 9.09. The summed E-state index contributed by atoms with van der Waals surface area (Å²) in [7, 11) is -6.42. The Hall–Kier alpha value is -4.35. The molecule has 9 nitrogen and oxygen atoms in total. The van der Waals surface area contributed by atoms with E-state index in [0.717, 1.165) is 15.4 Å². The highest BCUT2D eigenvalue weighted by Crippen LogP contribution is 2.26. The summed E-state index contributed by atoms with van der Waals surface area (Å²) in [4.78, 5) is 13.1. The molecule has 0 spiro atoms. The normalized spacial score (nSPS) is 11.5. The number of ether oxygens (including phenoxy) is 1. The molecule has 0 bridgehead atoms. The summed E-state index contributed by atoms with van der Waals surface area (Å²) in [5, 5.41) is 2.66. The summed E-state index contributed by atoms with van der Waals surface area (Å²) in [6, 6.07) is 25.2. The molecule has 4 aromatic rings. The van der Waals surface area contributed by atoms with Gasteiger partial charge in [-0.3, -0.25) is 13.8 Å². The molecule has 1 amide bonds. The Kier molecular flexibility index (Phi) is 8.46. The van der Waals surface area contributed by atoms with Crippen LogP contribution in [0, 0.1) is 13.8 Å². The molecule has 0 atom stereocenters. The zero-order chi connectivity index (χ0) is 28.9. The fourth-order valence-electron chi connectivity index (χ4n) is 4.05. The number of amides is 1. The van der Waals surface area contributed by atoms with Gasteiger partial charge in [0.15, 0.2) is 0 Å². The van der Waals surface area contributed by atoms with E-state index in [-0.39, 0.29) is 9.79 Å². The molecule has 4 aromatic carbocycles. The van der Waals surface area contributed by atoms with Gasteiger partial charge in [-0.05, 0) is 97.8 Å². The highest BCUT2D eigenvalue weighted by atomic mass is 32.2. The van der Waals surface area contributed by atoms with Gasteiger partial charge in [0.05, 0.1) is 22.6 Å². The van der Waals surface area contributed by atoms with Crippen molar-refractivity contribution in [2.75, 3.05) is 28.0 Å². The molecule has 0 aliphatic heterocycles. The van der Waals surface area contributed by atoms with E-state index < -0.39 is 32.5 Å². The van der Waals surface area contributed by atoms with Crippen molar-refractivity contribution in [2.24, 2.45) is 0 Å². The number of nitrogens with one attached hydrogen (secondary N) is 2. The Morgan fingerprint density at radius 1 is 0.750 bits per heavy atom. The summed E-state index contributed by atoms with van der Waals surface area (Å²) in [5.41, 5.74) is 2.74. The van der Waals surface area contributed by atoms with Crippen LogP contribution < -0.4 is 19.1 Å². The van der Waals surface area contributed by atoms with Crippen LogP contribution in [0.15, 0.2) is 107 Å². The second kappa shape index (κ2) is 11.8. The molecule has 0 heterocycles. The number of carbonyl (C=O) groups is 1. The van der Waals surface area contributed by atoms with Crippen molar-refractivity contribution in [3.8, 4) is 5.75 Å². The molecule has 0 aliphatic rings. The van der Waals surface area contributed by atoms with Gasteiger partial charge < -0.3 is 10.1 Å². The van der Waals surface area contributed by atoms with Gasteiger partial charge in [-0.2, -0.15) is 0 Å². The van der Waals surface area contributed by atoms with Crippen molar-refractivity contribution in [1.29, 1.82) is 0 Å². The summed E-state index contributed by atoms with van der Waals surface area (Å²) in [6.07, 6.45) is 0. The number of methoxy groups -OCH3 is 1. The average molecular weight is 580 g/mol. The summed E-state index contributed by atoms with van der Waals surface area (Å²) in [6.45, 7) is 3.21. The van der Waals surface area contributed by atoms with Gasteiger partial charge in [0, 0.05) is 11.4 Å². The number of nitrogens with zero attached hydrogens (tertiary/aromatic N) is 1. The van der Waals surface area contributed by atoms with E-state index in [4.69, 9.17) is 4.74 Å². The third-order valence-electron chi connectivity index (χ3n) is 5.90. The lowest BCUT2D eigenvalue weighted by Gasteiger charge is -2.25. The van der Waals surface area contributed by atoms with Gasteiger partial charge in [0.1, 0.15) is 12.3 Å². The predicted octanol–water partition coefficient (Wildman–Crippen LogP) is 4.95. The lowest BCUT2D eigenvalue weighted by atomic mass is 10.1. The maximum atomic E-state index is 13.5. The number of benzene rings is 4. The fourth-order valence-corrected chi connectivity index (χ4v) is 6.54. The molecular formula is C29H29N3O6S2. The van der Waals surface area contributed by atoms with Crippen LogP contribution in [0.1, 0.15) is 11.1 Å². The number of anilines is 3. The Balaban J connectivity index is 1.53. The monoisotopic (exact) mass is 579 g/mol. The number of hydrogen-bond acceptors (Lipinski definition) is 6. The lowest BCUT2D eigenvalue weighted by molar-refractivity contribution is -0.114. The molecule has 40 heavy (non-hydrogen) atoms. The Morgan fingerprint density at radius 2 is 1.32 bits per heavy atom. The van der Waals surface area contributed by atoms with Crippen molar-refractivity contribution in [1.82, 2.24) is 0 Å². The topological polar surface area (TPSA) is 122 Å². The minimum absolute atomic E-state index is 0.00941. The summed E-state index contributed by atoms with van der Waals surface area (Å²) < 4.78 is 61.3. The van der Waals surface area contributed by atoms with E-state index in [1.54, 1.807) is 54.6 Å². The zero-order valence-corrected chi connectivity index (χ0v) is 23.8. The molecule has 0 aliphatic carbocycles. The molecule has 0 radical (unpaired) electrons. The molecule has 11 heteroatoms. The van der Waals surface area contributed by atoms with Crippen molar-refractivity contribution in [3.05, 3.63) is 108 Å². The van der Waals surface area contributed by atoms with Gasteiger partial charge in [-0.25, -0.2) is 16.8 Å². The van der Waals surface area contributed by atoms with Crippen LogP contribution in [-0.2, 0) is 24.8 Å². The fraction of sp³-hybridized carbons (Fsp3) is 0.138. The minimum atomic E-state index is -4.06. The number of hydrogen-bond donors (Lipinski definition) is 2. The first-order valence-electron chi connectivity index (χ1n) is 12.2. The van der Waals surface area contributed by atoms with Crippen LogP contribution in [0.5, 0.6) is 5.75 Å². The first kappa shape index (κ1) is 28.7. The second-order valence-corrected chi connectivity index (χ2v) is 12.6. The number of carbonyl (C=O) groups excluding carboxylic acids is 1. The highest BCUT2D eigenvalue weighted by Gasteiger charge is 2.27. The maximum Gasteiger partial charge on any atom is 0.264 e. The van der Waals surface area contributed by atoms with E-state index in [0.29, 0.717) is 22.8 Å². The van der Waals surface area contributed by atoms with Crippen molar-refractivity contribution < 1.29 is 26.4 Å².